The molecule has 0 aliphatic carbocycles. The number of ether oxygens (including phenoxy) is 2. The molecule has 0 amide bonds. The van der Waals surface area contributed by atoms with Gasteiger partial charge in [0.1, 0.15) is 0 Å². The summed E-state index contributed by atoms with van der Waals surface area (Å²) in [5.41, 5.74) is 0.862. The Bertz CT molecular complexity index is 553. The Morgan fingerprint density at radius 2 is 2.13 bits per heavy atom. The molecule has 0 saturated carbocycles. The number of carboxylic acids is 1. The van der Waals surface area contributed by atoms with E-state index in [9.17, 15) is 18.7 Å². The summed E-state index contributed by atoms with van der Waals surface area (Å²) in [6, 6.07) is 5.06. The third-order valence-electron chi connectivity index (χ3n) is 4.19. The summed E-state index contributed by atoms with van der Waals surface area (Å²) < 4.78 is 34.2. The molecule has 0 aromatic heterocycles. The fraction of sp³-hybridized carbons (Fsp3) is 0.562. The summed E-state index contributed by atoms with van der Waals surface area (Å²) in [4.78, 5) is 13.3. The number of nitrogens with zero attached hydrogens (tertiary/aromatic N) is 1. The number of hydrogen-bond donors (Lipinski definition) is 1. The van der Waals surface area contributed by atoms with Gasteiger partial charge in [0, 0.05) is 19.1 Å². The summed E-state index contributed by atoms with van der Waals surface area (Å²) in [7, 11) is 1.39. The number of piperidine rings is 1. The Morgan fingerprint density at radius 1 is 1.39 bits per heavy atom. The number of halogens is 2. The van der Waals surface area contributed by atoms with Gasteiger partial charge in [-0.3, -0.25) is 9.69 Å². The highest BCUT2D eigenvalue weighted by atomic mass is 19.3. The average molecular weight is 329 g/mol. The molecule has 1 N–H and O–H groups in total. The molecule has 1 saturated heterocycles. The van der Waals surface area contributed by atoms with Gasteiger partial charge in [-0.1, -0.05) is 6.07 Å². The Kier molecular flexibility index (Phi) is 5.76. The van der Waals surface area contributed by atoms with E-state index in [1.165, 1.54) is 13.2 Å². The second-order valence-corrected chi connectivity index (χ2v) is 5.75. The number of aliphatic carboxylic acids is 1. The number of likely N-dealkylation sites (tertiary alicyclic amines) is 1. The molecule has 1 aliphatic rings. The van der Waals surface area contributed by atoms with Gasteiger partial charge in [0.2, 0.25) is 0 Å². The molecule has 5 nitrogen and oxygen atoms in total. The molecule has 0 spiro atoms. The van der Waals surface area contributed by atoms with Crippen molar-refractivity contribution in [3.05, 3.63) is 23.8 Å². The Hall–Kier alpha value is -1.89. The molecule has 1 fully saturated rings. The van der Waals surface area contributed by atoms with E-state index in [0.717, 1.165) is 12.0 Å². The van der Waals surface area contributed by atoms with Crippen molar-refractivity contribution in [3.8, 4) is 11.5 Å². The van der Waals surface area contributed by atoms with E-state index in [0.29, 0.717) is 19.5 Å². The van der Waals surface area contributed by atoms with Crippen molar-refractivity contribution < 1.29 is 28.2 Å². The van der Waals surface area contributed by atoms with Crippen LogP contribution in [0, 0.1) is 5.92 Å². The first-order chi connectivity index (χ1) is 10.9. The quantitative estimate of drug-likeness (QED) is 0.869. The lowest BCUT2D eigenvalue weighted by Crippen LogP contribution is -2.43. The van der Waals surface area contributed by atoms with Crippen LogP contribution in [0.2, 0.25) is 0 Å². The summed E-state index contributed by atoms with van der Waals surface area (Å²) in [6.45, 7) is 0.168. The molecular weight excluding hydrogens is 308 g/mol. The minimum atomic E-state index is -2.91. The van der Waals surface area contributed by atoms with Gasteiger partial charge in [-0.05, 0) is 37.5 Å². The Balaban J connectivity index is 2.10. The molecular formula is C16H21F2NO4. The van der Waals surface area contributed by atoms with Gasteiger partial charge in [0.15, 0.2) is 11.5 Å². The zero-order valence-electron chi connectivity index (χ0n) is 13.2. The smallest absolute Gasteiger partial charge is 0.387 e. The molecule has 2 atom stereocenters. The second kappa shape index (κ2) is 7.59. The third kappa shape index (κ3) is 4.54. The number of methoxy groups -OCH3 is 1. The molecule has 0 radical (unpaired) electrons. The lowest BCUT2D eigenvalue weighted by Gasteiger charge is -2.36. The van der Waals surface area contributed by atoms with E-state index in [4.69, 9.17) is 4.74 Å². The summed E-state index contributed by atoms with van der Waals surface area (Å²) in [5.74, 6) is -0.918. The molecule has 1 aliphatic heterocycles. The molecule has 2 unspecified atom stereocenters. The first kappa shape index (κ1) is 17.5. The van der Waals surface area contributed by atoms with Crippen molar-refractivity contribution in [2.24, 2.45) is 5.92 Å². The molecule has 23 heavy (non-hydrogen) atoms. The van der Waals surface area contributed by atoms with Gasteiger partial charge >= 0.3 is 12.6 Å². The fourth-order valence-corrected chi connectivity index (χ4v) is 2.84. The van der Waals surface area contributed by atoms with Gasteiger partial charge in [-0.15, -0.1) is 0 Å². The third-order valence-corrected chi connectivity index (χ3v) is 4.19. The fourth-order valence-electron chi connectivity index (χ4n) is 2.84. The van der Waals surface area contributed by atoms with Crippen LogP contribution in [0.5, 0.6) is 11.5 Å². The maximum Gasteiger partial charge on any atom is 0.387 e. The average Bonchev–Trinajstić information content (AvgIpc) is 2.50. The van der Waals surface area contributed by atoms with Crippen LogP contribution in [0.4, 0.5) is 8.78 Å². The molecule has 1 aromatic carbocycles. The number of carboxylic acid groups (broad SMARTS) is 1. The van der Waals surface area contributed by atoms with E-state index in [1.807, 2.05) is 0 Å². The zero-order valence-corrected chi connectivity index (χ0v) is 13.2. The first-order valence-electron chi connectivity index (χ1n) is 7.49. The van der Waals surface area contributed by atoms with Crippen LogP contribution in [0.3, 0.4) is 0 Å². The summed E-state index contributed by atoms with van der Waals surface area (Å²) in [6.07, 6.45) is 1.50. The monoisotopic (exact) mass is 329 g/mol. The van der Waals surface area contributed by atoms with Crippen molar-refractivity contribution in [2.45, 2.75) is 39.0 Å². The van der Waals surface area contributed by atoms with Crippen LogP contribution in [0.1, 0.15) is 25.3 Å². The van der Waals surface area contributed by atoms with Crippen LogP contribution >= 0.6 is 0 Å². The number of benzene rings is 1. The summed E-state index contributed by atoms with van der Waals surface area (Å²) in [5, 5.41) is 9.18. The molecule has 0 bridgehead atoms. The first-order valence-corrected chi connectivity index (χ1v) is 7.49. The van der Waals surface area contributed by atoms with Crippen molar-refractivity contribution in [3.63, 3.8) is 0 Å². The van der Waals surface area contributed by atoms with Gasteiger partial charge in [0.05, 0.1) is 13.0 Å². The van der Waals surface area contributed by atoms with E-state index in [2.05, 4.69) is 16.6 Å². The highest BCUT2D eigenvalue weighted by molar-refractivity contribution is 5.70. The van der Waals surface area contributed by atoms with Crippen LogP contribution in [0.15, 0.2) is 18.2 Å². The predicted octanol–water partition coefficient (Wildman–Crippen LogP) is 2.98. The molecule has 7 heteroatoms. The van der Waals surface area contributed by atoms with Crippen LogP contribution in [-0.4, -0.2) is 42.3 Å². The van der Waals surface area contributed by atoms with Crippen molar-refractivity contribution in [1.29, 1.82) is 0 Å². The maximum absolute atomic E-state index is 12.3. The van der Waals surface area contributed by atoms with E-state index in [-0.39, 0.29) is 23.5 Å². The summed E-state index contributed by atoms with van der Waals surface area (Å²) >= 11 is 0. The van der Waals surface area contributed by atoms with Crippen LogP contribution in [-0.2, 0) is 11.3 Å². The minimum absolute atomic E-state index is 0.0126. The Labute approximate surface area is 133 Å². The largest absolute Gasteiger partial charge is 0.493 e. The van der Waals surface area contributed by atoms with Crippen LogP contribution < -0.4 is 9.47 Å². The number of rotatable bonds is 6. The topological polar surface area (TPSA) is 59.0 Å². The van der Waals surface area contributed by atoms with E-state index in [1.54, 1.807) is 12.1 Å². The van der Waals surface area contributed by atoms with Crippen molar-refractivity contribution in [1.82, 2.24) is 4.90 Å². The highest BCUT2D eigenvalue weighted by Crippen LogP contribution is 2.31. The molecule has 1 heterocycles. The highest BCUT2D eigenvalue weighted by Gasteiger charge is 2.29. The number of alkyl halides is 2. The van der Waals surface area contributed by atoms with Gasteiger partial charge in [-0.2, -0.15) is 8.78 Å². The van der Waals surface area contributed by atoms with Crippen molar-refractivity contribution >= 4 is 5.97 Å². The van der Waals surface area contributed by atoms with Gasteiger partial charge < -0.3 is 14.6 Å². The van der Waals surface area contributed by atoms with E-state index < -0.39 is 12.6 Å². The zero-order chi connectivity index (χ0) is 17.0. The van der Waals surface area contributed by atoms with E-state index >= 15 is 0 Å². The Morgan fingerprint density at radius 3 is 2.74 bits per heavy atom. The molecule has 1 aromatic rings. The molecule has 128 valence electrons. The lowest BCUT2D eigenvalue weighted by atomic mass is 9.93. The molecule has 2 rings (SSSR count). The predicted molar refractivity (Wildman–Crippen MR) is 79.9 cm³/mol. The SMILES string of the molecule is COc1cc(CN2CC(C(=O)O)CCC2C)ccc1OC(F)F. The number of hydrogen-bond acceptors (Lipinski definition) is 4. The number of carbonyl (C=O) groups is 1. The second-order valence-electron chi connectivity index (χ2n) is 5.75. The van der Waals surface area contributed by atoms with Gasteiger partial charge in [0.25, 0.3) is 0 Å². The van der Waals surface area contributed by atoms with Gasteiger partial charge in [-0.25, -0.2) is 0 Å². The maximum atomic E-state index is 12.3. The minimum Gasteiger partial charge on any atom is -0.493 e. The lowest BCUT2D eigenvalue weighted by molar-refractivity contribution is -0.144. The van der Waals surface area contributed by atoms with Crippen LogP contribution in [0.25, 0.3) is 0 Å². The normalized spacial score (nSPS) is 22.1. The standard InChI is InChI=1S/C16H21F2NO4/c1-10-3-5-12(15(20)21)9-19(10)8-11-4-6-13(23-16(17)18)14(7-11)22-2/h4,6-7,10,12,16H,3,5,8-9H2,1-2H3,(H,20,21). The van der Waals surface area contributed by atoms with Crippen molar-refractivity contribution in [2.75, 3.05) is 13.7 Å².